The van der Waals surface area contributed by atoms with Crippen LogP contribution >= 0.6 is 0 Å². The van der Waals surface area contributed by atoms with Gasteiger partial charge in [0.25, 0.3) is 0 Å². The van der Waals surface area contributed by atoms with E-state index in [4.69, 9.17) is 4.52 Å². The number of rotatable bonds is 5. The Kier molecular flexibility index (Phi) is 4.42. The van der Waals surface area contributed by atoms with Crippen molar-refractivity contribution in [1.82, 2.24) is 9.72 Å². The van der Waals surface area contributed by atoms with Crippen molar-refractivity contribution in [3.05, 3.63) is 47.5 Å². The molecule has 0 bridgehead atoms. The molecule has 3 aromatic rings. The number of aromatic nitrogens is 2. The summed E-state index contributed by atoms with van der Waals surface area (Å²) in [5, 5.41) is 8.03. The van der Waals surface area contributed by atoms with Crippen LogP contribution in [0.5, 0.6) is 0 Å². The van der Waals surface area contributed by atoms with Crippen molar-refractivity contribution >= 4 is 22.5 Å². The average Bonchev–Trinajstić information content (AvgIpc) is 3.10. The monoisotopic (exact) mass is 325 g/mol. The Morgan fingerprint density at radius 2 is 2.08 bits per heavy atom. The van der Waals surface area contributed by atoms with Crippen molar-refractivity contribution in [2.24, 2.45) is 0 Å². The highest BCUT2D eigenvalue weighted by atomic mass is 16.5. The van der Waals surface area contributed by atoms with E-state index in [1.807, 2.05) is 26.0 Å². The summed E-state index contributed by atoms with van der Waals surface area (Å²) in [4.78, 5) is 12.3. The van der Waals surface area contributed by atoms with Crippen LogP contribution in [0.1, 0.15) is 43.3 Å². The number of fused-ring (bicyclic) bond motifs is 1. The van der Waals surface area contributed by atoms with Crippen LogP contribution in [0.15, 0.2) is 35.0 Å². The Morgan fingerprint density at radius 3 is 2.75 bits per heavy atom. The van der Waals surface area contributed by atoms with Crippen molar-refractivity contribution in [2.75, 3.05) is 5.32 Å². The van der Waals surface area contributed by atoms with E-state index < -0.39 is 0 Å². The third-order valence-corrected chi connectivity index (χ3v) is 4.38. The van der Waals surface area contributed by atoms with Gasteiger partial charge in [-0.25, -0.2) is 0 Å². The molecule has 1 aromatic carbocycles. The van der Waals surface area contributed by atoms with Crippen LogP contribution in [0.2, 0.25) is 0 Å². The SMILES string of the molecule is Cc1noc(C)c1CCC(=O)Nc1cccc2c1ccn2C(C)C. The third-order valence-electron chi connectivity index (χ3n) is 4.38. The Morgan fingerprint density at radius 1 is 1.29 bits per heavy atom. The second-order valence-electron chi connectivity index (χ2n) is 6.41. The van der Waals surface area contributed by atoms with E-state index in [9.17, 15) is 4.79 Å². The molecular formula is C19H23N3O2. The Hall–Kier alpha value is -2.56. The van der Waals surface area contributed by atoms with E-state index in [1.165, 1.54) is 0 Å². The molecule has 0 atom stereocenters. The fraction of sp³-hybridized carbons (Fsp3) is 0.368. The molecule has 0 fully saturated rings. The van der Waals surface area contributed by atoms with Crippen LogP contribution in [0, 0.1) is 13.8 Å². The number of amides is 1. The fourth-order valence-corrected chi connectivity index (χ4v) is 3.06. The zero-order valence-electron chi connectivity index (χ0n) is 14.6. The van der Waals surface area contributed by atoms with Gasteiger partial charge in [0.2, 0.25) is 5.91 Å². The van der Waals surface area contributed by atoms with Crippen LogP contribution in [0.25, 0.3) is 10.9 Å². The molecule has 0 aliphatic carbocycles. The fourth-order valence-electron chi connectivity index (χ4n) is 3.06. The van der Waals surface area contributed by atoms with E-state index in [1.54, 1.807) is 0 Å². The molecule has 1 N–H and O–H groups in total. The lowest BCUT2D eigenvalue weighted by Crippen LogP contribution is -2.13. The Balaban J connectivity index is 1.74. The highest BCUT2D eigenvalue weighted by molar-refractivity contribution is 6.01. The number of hydrogen-bond donors (Lipinski definition) is 1. The summed E-state index contributed by atoms with van der Waals surface area (Å²) in [7, 11) is 0. The smallest absolute Gasteiger partial charge is 0.224 e. The van der Waals surface area contributed by atoms with Crippen LogP contribution in [0.4, 0.5) is 5.69 Å². The minimum Gasteiger partial charge on any atom is -0.361 e. The lowest BCUT2D eigenvalue weighted by Gasteiger charge is -2.11. The summed E-state index contributed by atoms with van der Waals surface area (Å²) in [6, 6.07) is 8.44. The first-order valence-corrected chi connectivity index (χ1v) is 8.28. The molecule has 0 spiro atoms. The summed E-state index contributed by atoms with van der Waals surface area (Å²) in [6.07, 6.45) is 3.11. The molecule has 0 radical (unpaired) electrons. The van der Waals surface area contributed by atoms with Gasteiger partial charge in [0.1, 0.15) is 5.76 Å². The molecule has 2 aromatic heterocycles. The molecule has 1 amide bonds. The van der Waals surface area contributed by atoms with Gasteiger partial charge in [-0.15, -0.1) is 0 Å². The number of hydrogen-bond acceptors (Lipinski definition) is 3. The molecule has 126 valence electrons. The maximum atomic E-state index is 12.3. The molecule has 0 aliphatic heterocycles. The van der Waals surface area contributed by atoms with Crippen molar-refractivity contribution in [3.8, 4) is 0 Å². The second-order valence-corrected chi connectivity index (χ2v) is 6.41. The van der Waals surface area contributed by atoms with Gasteiger partial charge in [-0.05, 0) is 52.3 Å². The van der Waals surface area contributed by atoms with Gasteiger partial charge in [-0.2, -0.15) is 0 Å². The summed E-state index contributed by atoms with van der Waals surface area (Å²) in [5.41, 5.74) is 3.87. The number of benzene rings is 1. The molecule has 3 rings (SSSR count). The van der Waals surface area contributed by atoms with Crippen molar-refractivity contribution < 1.29 is 9.32 Å². The van der Waals surface area contributed by atoms with Crippen LogP contribution in [-0.2, 0) is 11.2 Å². The van der Waals surface area contributed by atoms with E-state index in [0.29, 0.717) is 18.9 Å². The predicted molar refractivity (Wildman–Crippen MR) is 95.3 cm³/mol. The number of nitrogens with one attached hydrogen (secondary N) is 1. The minimum atomic E-state index is -0.000188. The van der Waals surface area contributed by atoms with Crippen molar-refractivity contribution in [1.29, 1.82) is 0 Å². The predicted octanol–water partition coefficient (Wildman–Crippen LogP) is 4.40. The lowest BCUT2D eigenvalue weighted by molar-refractivity contribution is -0.116. The average molecular weight is 325 g/mol. The molecular weight excluding hydrogens is 302 g/mol. The van der Waals surface area contributed by atoms with Crippen molar-refractivity contribution in [3.63, 3.8) is 0 Å². The summed E-state index contributed by atoms with van der Waals surface area (Å²) < 4.78 is 7.35. The largest absolute Gasteiger partial charge is 0.361 e. The Bertz CT molecular complexity index is 854. The third kappa shape index (κ3) is 3.07. The molecule has 0 saturated carbocycles. The van der Waals surface area contributed by atoms with Crippen LogP contribution in [-0.4, -0.2) is 15.6 Å². The number of anilines is 1. The van der Waals surface area contributed by atoms with Crippen molar-refractivity contribution in [2.45, 2.75) is 46.6 Å². The first-order valence-electron chi connectivity index (χ1n) is 8.28. The highest BCUT2D eigenvalue weighted by Gasteiger charge is 2.13. The zero-order chi connectivity index (χ0) is 17.3. The number of carbonyl (C=O) groups excluding carboxylic acids is 1. The van der Waals surface area contributed by atoms with Gasteiger partial charge in [0, 0.05) is 29.6 Å². The normalized spacial score (nSPS) is 11.4. The van der Waals surface area contributed by atoms with Gasteiger partial charge in [0.15, 0.2) is 0 Å². The highest BCUT2D eigenvalue weighted by Crippen LogP contribution is 2.27. The molecule has 0 aliphatic rings. The maximum absolute atomic E-state index is 12.3. The molecule has 0 unspecified atom stereocenters. The second kappa shape index (κ2) is 6.51. The van der Waals surface area contributed by atoms with Gasteiger partial charge < -0.3 is 14.4 Å². The molecule has 24 heavy (non-hydrogen) atoms. The van der Waals surface area contributed by atoms with Gasteiger partial charge in [-0.1, -0.05) is 11.2 Å². The van der Waals surface area contributed by atoms with Gasteiger partial charge in [0.05, 0.1) is 16.9 Å². The lowest BCUT2D eigenvalue weighted by atomic mass is 10.1. The van der Waals surface area contributed by atoms with E-state index in [2.05, 4.69) is 47.2 Å². The first-order chi connectivity index (χ1) is 11.5. The minimum absolute atomic E-state index is 0.000188. The van der Waals surface area contributed by atoms with E-state index in [-0.39, 0.29) is 5.91 Å². The molecule has 0 saturated heterocycles. The van der Waals surface area contributed by atoms with E-state index >= 15 is 0 Å². The van der Waals surface area contributed by atoms with Crippen LogP contribution < -0.4 is 5.32 Å². The number of carbonyl (C=O) groups is 1. The zero-order valence-corrected chi connectivity index (χ0v) is 14.6. The topological polar surface area (TPSA) is 60.1 Å². The maximum Gasteiger partial charge on any atom is 0.224 e. The number of nitrogens with zero attached hydrogens (tertiary/aromatic N) is 2. The summed E-state index contributed by atoms with van der Waals surface area (Å²) >= 11 is 0. The van der Waals surface area contributed by atoms with Crippen LogP contribution in [0.3, 0.4) is 0 Å². The van der Waals surface area contributed by atoms with Gasteiger partial charge >= 0.3 is 0 Å². The number of aryl methyl sites for hydroxylation is 2. The van der Waals surface area contributed by atoms with Gasteiger partial charge in [-0.3, -0.25) is 4.79 Å². The van der Waals surface area contributed by atoms with E-state index in [0.717, 1.165) is 33.6 Å². The molecule has 5 nitrogen and oxygen atoms in total. The summed E-state index contributed by atoms with van der Waals surface area (Å²) in [5.74, 6) is 0.788. The molecule has 5 heteroatoms. The molecule has 2 heterocycles. The quantitative estimate of drug-likeness (QED) is 0.756. The first kappa shape index (κ1) is 16.3. The Labute approximate surface area is 141 Å². The summed E-state index contributed by atoms with van der Waals surface area (Å²) in [6.45, 7) is 8.07. The standard InChI is InChI=1S/C19H23N3O2/c1-12(2)22-11-10-16-17(6-5-7-18(16)22)20-19(23)9-8-15-13(3)21-24-14(15)4/h5-7,10-12H,8-9H2,1-4H3,(H,20,23).